The predicted molar refractivity (Wildman–Crippen MR) is 42.7 cm³/mol. The average molecular weight is 153 g/mol. The number of aliphatic hydroxyl groups is 1. The van der Waals surface area contributed by atoms with Crippen LogP contribution in [0.25, 0.3) is 0 Å². The minimum atomic E-state index is -0.733. The van der Waals surface area contributed by atoms with Crippen molar-refractivity contribution in [2.45, 2.75) is 6.23 Å². The summed E-state index contributed by atoms with van der Waals surface area (Å²) < 4.78 is 0. The molecule has 0 spiro atoms. The number of anilines is 1. The van der Waals surface area contributed by atoms with Gasteiger partial charge in [0.05, 0.1) is 0 Å². The van der Waals surface area contributed by atoms with Crippen molar-refractivity contribution in [1.82, 2.24) is 10.3 Å². The fourth-order valence-electron chi connectivity index (χ4n) is 0.801. The molecule has 0 saturated carbocycles. The van der Waals surface area contributed by atoms with Crippen LogP contribution in [0.2, 0.25) is 0 Å². The molecule has 0 aliphatic heterocycles. The van der Waals surface area contributed by atoms with Crippen molar-refractivity contribution in [3.05, 3.63) is 24.0 Å². The Morgan fingerprint density at radius 1 is 1.73 bits per heavy atom. The maximum atomic E-state index is 9.28. The Kier molecular flexibility index (Phi) is 2.40. The molecule has 4 N–H and O–H groups in total. The molecule has 60 valence electrons. The van der Waals surface area contributed by atoms with Gasteiger partial charge in [-0.3, -0.25) is 10.3 Å². The number of aromatic nitrogens is 1. The Bertz CT molecular complexity index is 239. The van der Waals surface area contributed by atoms with Crippen LogP contribution in [0, 0.1) is 0 Å². The van der Waals surface area contributed by atoms with E-state index in [4.69, 9.17) is 5.73 Å². The molecular formula is C7H11N3O. The molecule has 0 aliphatic carbocycles. The molecule has 0 bridgehead atoms. The van der Waals surface area contributed by atoms with Crippen LogP contribution in [0.15, 0.2) is 18.5 Å². The van der Waals surface area contributed by atoms with Gasteiger partial charge < -0.3 is 10.8 Å². The second-order valence-corrected chi connectivity index (χ2v) is 2.20. The van der Waals surface area contributed by atoms with Gasteiger partial charge in [0.2, 0.25) is 0 Å². The number of nitrogens with two attached hydrogens (primary N) is 1. The molecule has 0 radical (unpaired) electrons. The van der Waals surface area contributed by atoms with Crippen molar-refractivity contribution >= 4 is 5.69 Å². The van der Waals surface area contributed by atoms with Crippen molar-refractivity contribution in [2.24, 2.45) is 0 Å². The van der Waals surface area contributed by atoms with Gasteiger partial charge in [-0.1, -0.05) is 0 Å². The van der Waals surface area contributed by atoms with Crippen LogP contribution in [-0.4, -0.2) is 17.1 Å². The van der Waals surface area contributed by atoms with Gasteiger partial charge in [-0.05, 0) is 13.1 Å². The number of nitrogens with one attached hydrogen (secondary N) is 1. The standard InChI is InChI=1S/C7H11N3O/c1-9-7(11)5-4-10-3-2-6(5)8/h2-4,7,9,11H,1H3,(H2,8,10). The van der Waals surface area contributed by atoms with E-state index in [1.807, 2.05) is 0 Å². The van der Waals surface area contributed by atoms with Crippen LogP contribution >= 0.6 is 0 Å². The first-order valence-electron chi connectivity index (χ1n) is 3.30. The van der Waals surface area contributed by atoms with Crippen LogP contribution in [0.5, 0.6) is 0 Å². The molecule has 0 fully saturated rings. The van der Waals surface area contributed by atoms with Gasteiger partial charge in [-0.15, -0.1) is 0 Å². The Labute approximate surface area is 65.1 Å². The van der Waals surface area contributed by atoms with E-state index in [1.54, 1.807) is 19.3 Å². The molecule has 0 aromatic carbocycles. The summed E-state index contributed by atoms with van der Waals surface area (Å²) in [5.74, 6) is 0. The number of hydrogen-bond donors (Lipinski definition) is 3. The molecule has 0 saturated heterocycles. The number of hydrogen-bond acceptors (Lipinski definition) is 4. The normalized spacial score (nSPS) is 12.9. The van der Waals surface area contributed by atoms with E-state index in [9.17, 15) is 5.11 Å². The largest absolute Gasteiger partial charge is 0.398 e. The molecule has 11 heavy (non-hydrogen) atoms. The summed E-state index contributed by atoms with van der Waals surface area (Å²) in [6.07, 6.45) is 2.39. The van der Waals surface area contributed by atoms with E-state index in [0.717, 1.165) is 0 Å². The third-order valence-electron chi connectivity index (χ3n) is 1.46. The third-order valence-corrected chi connectivity index (χ3v) is 1.46. The summed E-state index contributed by atoms with van der Waals surface area (Å²) >= 11 is 0. The highest BCUT2D eigenvalue weighted by molar-refractivity contribution is 5.45. The molecule has 0 amide bonds. The second kappa shape index (κ2) is 3.32. The Balaban J connectivity index is 2.93. The Morgan fingerprint density at radius 3 is 3.00 bits per heavy atom. The van der Waals surface area contributed by atoms with Crippen molar-refractivity contribution in [1.29, 1.82) is 0 Å². The van der Waals surface area contributed by atoms with E-state index in [-0.39, 0.29) is 0 Å². The monoisotopic (exact) mass is 153 g/mol. The number of rotatable bonds is 2. The zero-order valence-corrected chi connectivity index (χ0v) is 6.28. The first kappa shape index (κ1) is 7.97. The molecule has 1 rings (SSSR count). The van der Waals surface area contributed by atoms with Crippen LogP contribution in [0.3, 0.4) is 0 Å². The van der Waals surface area contributed by atoms with Gasteiger partial charge in [0, 0.05) is 23.6 Å². The molecule has 0 aliphatic rings. The van der Waals surface area contributed by atoms with Crippen LogP contribution < -0.4 is 11.1 Å². The van der Waals surface area contributed by atoms with Crippen LogP contribution in [-0.2, 0) is 0 Å². The Morgan fingerprint density at radius 2 is 2.45 bits per heavy atom. The minimum Gasteiger partial charge on any atom is -0.398 e. The van der Waals surface area contributed by atoms with E-state index in [2.05, 4.69) is 10.3 Å². The molecule has 1 unspecified atom stereocenters. The zero-order chi connectivity index (χ0) is 8.27. The first-order valence-corrected chi connectivity index (χ1v) is 3.30. The van der Waals surface area contributed by atoms with E-state index in [0.29, 0.717) is 11.3 Å². The molecule has 1 aromatic heterocycles. The number of nitrogens with zero attached hydrogens (tertiary/aromatic N) is 1. The first-order chi connectivity index (χ1) is 5.25. The summed E-state index contributed by atoms with van der Waals surface area (Å²) in [6, 6.07) is 1.65. The minimum absolute atomic E-state index is 0.543. The summed E-state index contributed by atoms with van der Waals surface area (Å²) in [4.78, 5) is 3.83. The topological polar surface area (TPSA) is 71.2 Å². The molecular weight excluding hydrogens is 142 g/mol. The van der Waals surface area contributed by atoms with E-state index >= 15 is 0 Å². The maximum Gasteiger partial charge on any atom is 0.134 e. The highest BCUT2D eigenvalue weighted by atomic mass is 16.3. The smallest absolute Gasteiger partial charge is 0.134 e. The fourth-order valence-corrected chi connectivity index (χ4v) is 0.801. The quantitative estimate of drug-likeness (QED) is 0.518. The maximum absolute atomic E-state index is 9.28. The Hall–Kier alpha value is -1.13. The van der Waals surface area contributed by atoms with Gasteiger partial charge >= 0.3 is 0 Å². The van der Waals surface area contributed by atoms with Gasteiger partial charge in [0.15, 0.2) is 0 Å². The molecule has 4 heteroatoms. The number of aliphatic hydroxyl groups excluding tert-OH is 1. The lowest BCUT2D eigenvalue weighted by Crippen LogP contribution is -2.16. The van der Waals surface area contributed by atoms with Gasteiger partial charge in [0.1, 0.15) is 6.23 Å². The summed E-state index contributed by atoms with van der Waals surface area (Å²) in [5, 5.41) is 11.9. The van der Waals surface area contributed by atoms with Crippen LogP contribution in [0.1, 0.15) is 11.8 Å². The lowest BCUT2D eigenvalue weighted by Gasteiger charge is -2.10. The van der Waals surface area contributed by atoms with Gasteiger partial charge in [-0.2, -0.15) is 0 Å². The van der Waals surface area contributed by atoms with Crippen molar-refractivity contribution < 1.29 is 5.11 Å². The van der Waals surface area contributed by atoms with E-state index < -0.39 is 6.23 Å². The van der Waals surface area contributed by atoms with Crippen LogP contribution in [0.4, 0.5) is 5.69 Å². The number of nitrogen functional groups attached to an aromatic ring is 1. The summed E-state index contributed by atoms with van der Waals surface area (Å²) in [5.41, 5.74) is 6.71. The third kappa shape index (κ3) is 1.66. The van der Waals surface area contributed by atoms with E-state index in [1.165, 1.54) is 6.20 Å². The van der Waals surface area contributed by atoms with Crippen molar-refractivity contribution in [2.75, 3.05) is 12.8 Å². The van der Waals surface area contributed by atoms with Gasteiger partial charge in [-0.25, -0.2) is 0 Å². The zero-order valence-electron chi connectivity index (χ0n) is 6.28. The highest BCUT2D eigenvalue weighted by Gasteiger charge is 2.06. The lowest BCUT2D eigenvalue weighted by atomic mass is 10.2. The second-order valence-electron chi connectivity index (χ2n) is 2.20. The summed E-state index contributed by atoms with van der Waals surface area (Å²) in [6.45, 7) is 0. The SMILES string of the molecule is CNC(O)c1cnccc1N. The van der Waals surface area contributed by atoms with Crippen molar-refractivity contribution in [3.8, 4) is 0 Å². The molecule has 1 heterocycles. The van der Waals surface area contributed by atoms with Gasteiger partial charge in [0.25, 0.3) is 0 Å². The lowest BCUT2D eigenvalue weighted by molar-refractivity contribution is 0.149. The van der Waals surface area contributed by atoms with Crippen molar-refractivity contribution in [3.63, 3.8) is 0 Å². The highest BCUT2D eigenvalue weighted by Crippen LogP contribution is 2.15. The molecule has 1 atom stereocenters. The average Bonchev–Trinajstić information content (AvgIpc) is 2.04. The predicted octanol–water partition coefficient (Wildman–Crippen LogP) is -0.126. The number of pyridine rings is 1. The summed E-state index contributed by atoms with van der Waals surface area (Å²) in [7, 11) is 1.65. The molecule has 1 aromatic rings. The molecule has 4 nitrogen and oxygen atoms in total. The fraction of sp³-hybridized carbons (Fsp3) is 0.286.